The molecule has 0 amide bonds. The Labute approximate surface area is 219 Å². The molecule has 4 aliphatic carbocycles. The van der Waals surface area contributed by atoms with Crippen molar-refractivity contribution in [2.75, 3.05) is 0 Å². The van der Waals surface area contributed by atoms with Gasteiger partial charge in [-0.2, -0.15) is 0 Å². The number of ether oxygens (including phenoxy) is 1. The lowest BCUT2D eigenvalue weighted by atomic mass is 9.51. The van der Waals surface area contributed by atoms with E-state index in [0.717, 1.165) is 24.8 Å². The molecule has 1 heterocycles. The van der Waals surface area contributed by atoms with E-state index in [-0.39, 0.29) is 5.92 Å². The molecule has 5 fully saturated rings. The van der Waals surface area contributed by atoms with Crippen LogP contribution >= 0.6 is 0 Å². The number of unbranched alkanes of at least 4 members (excludes halogenated alkanes) is 5. The Balaban J connectivity index is 1.20. The van der Waals surface area contributed by atoms with Gasteiger partial charge in [0.25, 0.3) is 0 Å². The summed E-state index contributed by atoms with van der Waals surface area (Å²) in [6.45, 7) is 6.50. The SMILES string of the molecule is CCCCCCC1(C)OC12CCC(c1ccc(C34CCC(CCCCC)(CC3)CC4)cc1)C(F)C2F. The molecule has 0 N–H and O–H groups in total. The zero-order chi connectivity index (χ0) is 25.4. The molecule has 1 aromatic rings. The summed E-state index contributed by atoms with van der Waals surface area (Å²) in [6, 6.07) is 8.78. The van der Waals surface area contributed by atoms with Crippen molar-refractivity contribution in [1.29, 1.82) is 0 Å². The fourth-order valence-corrected chi connectivity index (χ4v) is 8.58. The van der Waals surface area contributed by atoms with Crippen LogP contribution in [-0.4, -0.2) is 23.5 Å². The van der Waals surface area contributed by atoms with Gasteiger partial charge in [-0.15, -0.1) is 0 Å². The van der Waals surface area contributed by atoms with Gasteiger partial charge in [0.2, 0.25) is 0 Å². The highest BCUT2D eigenvalue weighted by molar-refractivity contribution is 5.35. The lowest BCUT2D eigenvalue weighted by Crippen LogP contribution is -2.46. The maximum atomic E-state index is 15.6. The summed E-state index contributed by atoms with van der Waals surface area (Å²) in [5, 5.41) is 0. The molecule has 3 heteroatoms. The van der Waals surface area contributed by atoms with E-state index in [1.165, 1.54) is 82.6 Å². The minimum atomic E-state index is -1.52. The Hall–Kier alpha value is -0.960. The summed E-state index contributed by atoms with van der Waals surface area (Å²) in [5.41, 5.74) is 1.99. The molecule has 5 atom stereocenters. The van der Waals surface area contributed by atoms with Crippen molar-refractivity contribution >= 4 is 0 Å². The van der Waals surface area contributed by atoms with E-state index in [4.69, 9.17) is 4.74 Å². The highest BCUT2D eigenvalue weighted by Crippen LogP contribution is 2.62. The standard InChI is InChI=1S/C33H50F2O/c1-4-6-8-10-16-30(3)33(36-30)18-15-27(28(34)29(33)35)25-11-13-26(14-12-25)32-22-19-31(20-23-32,21-24-32)17-9-7-5-2/h11-14,27-29H,4-10,15-24H2,1-3H3. The van der Waals surface area contributed by atoms with Crippen molar-refractivity contribution in [3.63, 3.8) is 0 Å². The predicted octanol–water partition coefficient (Wildman–Crippen LogP) is 9.91. The van der Waals surface area contributed by atoms with Crippen LogP contribution in [0, 0.1) is 5.41 Å². The van der Waals surface area contributed by atoms with E-state index < -0.39 is 23.5 Å². The fourth-order valence-electron chi connectivity index (χ4n) is 8.58. The Morgan fingerprint density at radius 2 is 1.39 bits per heavy atom. The molecular weight excluding hydrogens is 450 g/mol. The van der Waals surface area contributed by atoms with Gasteiger partial charge < -0.3 is 4.74 Å². The van der Waals surface area contributed by atoms with E-state index >= 15 is 8.78 Å². The quantitative estimate of drug-likeness (QED) is 0.217. The van der Waals surface area contributed by atoms with Gasteiger partial charge in [-0.1, -0.05) is 83.1 Å². The van der Waals surface area contributed by atoms with Gasteiger partial charge >= 0.3 is 0 Å². The molecule has 1 aromatic carbocycles. The zero-order valence-corrected chi connectivity index (χ0v) is 23.2. The first-order valence-electron chi connectivity index (χ1n) is 15.4. The summed E-state index contributed by atoms with van der Waals surface area (Å²) in [4.78, 5) is 0. The average molecular weight is 501 g/mol. The van der Waals surface area contributed by atoms with Gasteiger partial charge in [0.1, 0.15) is 11.8 Å². The largest absolute Gasteiger partial charge is 0.360 e. The minimum absolute atomic E-state index is 0.320. The highest BCUT2D eigenvalue weighted by atomic mass is 19.2. The number of epoxide rings is 1. The molecule has 6 rings (SSSR count). The molecule has 0 aromatic heterocycles. The third kappa shape index (κ3) is 4.58. The molecule has 4 saturated carbocycles. The second-order valence-corrected chi connectivity index (χ2v) is 13.4. The topological polar surface area (TPSA) is 12.5 Å². The van der Waals surface area contributed by atoms with Crippen LogP contribution in [0.5, 0.6) is 0 Å². The Morgan fingerprint density at radius 1 is 0.778 bits per heavy atom. The lowest BCUT2D eigenvalue weighted by molar-refractivity contribution is 0.0256. The van der Waals surface area contributed by atoms with E-state index in [9.17, 15) is 0 Å². The molecule has 1 spiro atoms. The van der Waals surface area contributed by atoms with Crippen LogP contribution in [0.25, 0.3) is 0 Å². The molecule has 202 valence electrons. The molecule has 0 radical (unpaired) electrons. The van der Waals surface area contributed by atoms with Gasteiger partial charge in [0.05, 0.1) is 5.60 Å². The Morgan fingerprint density at radius 3 is 2.03 bits per heavy atom. The number of hydrogen-bond donors (Lipinski definition) is 0. The van der Waals surface area contributed by atoms with Gasteiger partial charge in [-0.25, -0.2) is 8.78 Å². The third-order valence-electron chi connectivity index (χ3n) is 11.4. The molecule has 5 unspecified atom stereocenters. The maximum absolute atomic E-state index is 15.6. The third-order valence-corrected chi connectivity index (χ3v) is 11.4. The normalized spacial score (nSPS) is 41.6. The Kier molecular flexibility index (Phi) is 7.63. The number of alkyl halides is 2. The van der Waals surface area contributed by atoms with Crippen LogP contribution in [0.1, 0.15) is 147 Å². The van der Waals surface area contributed by atoms with Crippen LogP contribution in [0.15, 0.2) is 24.3 Å². The summed E-state index contributed by atoms with van der Waals surface area (Å²) in [5.74, 6) is -0.352. The number of hydrogen-bond acceptors (Lipinski definition) is 1. The van der Waals surface area contributed by atoms with Crippen molar-refractivity contribution in [1.82, 2.24) is 0 Å². The van der Waals surface area contributed by atoms with E-state index in [1.54, 1.807) is 0 Å². The zero-order valence-electron chi connectivity index (χ0n) is 23.2. The van der Waals surface area contributed by atoms with Gasteiger partial charge in [0, 0.05) is 5.92 Å². The second-order valence-electron chi connectivity index (χ2n) is 13.4. The number of fused-ring (bicyclic) bond motifs is 3. The molecular formula is C33H50F2O. The summed E-state index contributed by atoms with van der Waals surface area (Å²) < 4.78 is 37.2. The molecule has 1 aliphatic heterocycles. The summed E-state index contributed by atoms with van der Waals surface area (Å²) in [7, 11) is 0. The molecule has 2 bridgehead atoms. The first-order valence-corrected chi connectivity index (χ1v) is 15.4. The second kappa shape index (κ2) is 10.3. The maximum Gasteiger partial charge on any atom is 0.163 e. The van der Waals surface area contributed by atoms with Crippen LogP contribution in [0.3, 0.4) is 0 Å². The highest BCUT2D eigenvalue weighted by Gasteiger charge is 2.73. The first kappa shape index (κ1) is 26.6. The van der Waals surface area contributed by atoms with E-state index in [1.807, 2.05) is 6.92 Å². The van der Waals surface area contributed by atoms with Crippen molar-refractivity contribution in [3.8, 4) is 0 Å². The Bertz CT molecular complexity index is 856. The van der Waals surface area contributed by atoms with Crippen LogP contribution < -0.4 is 0 Å². The molecule has 5 aliphatic rings. The van der Waals surface area contributed by atoms with E-state index in [2.05, 4.69) is 38.1 Å². The summed E-state index contributed by atoms with van der Waals surface area (Å²) in [6.07, 6.45) is 17.2. The van der Waals surface area contributed by atoms with Gasteiger partial charge in [0.15, 0.2) is 6.17 Å². The smallest absolute Gasteiger partial charge is 0.163 e. The van der Waals surface area contributed by atoms with Crippen molar-refractivity contribution in [2.45, 2.75) is 165 Å². The molecule has 1 saturated heterocycles. The van der Waals surface area contributed by atoms with Gasteiger partial charge in [-0.05, 0) is 93.1 Å². The van der Waals surface area contributed by atoms with Gasteiger partial charge in [-0.3, -0.25) is 0 Å². The van der Waals surface area contributed by atoms with Crippen molar-refractivity contribution in [2.24, 2.45) is 5.41 Å². The lowest BCUT2D eigenvalue weighted by Gasteiger charge is -2.54. The number of halogens is 2. The summed E-state index contributed by atoms with van der Waals surface area (Å²) >= 11 is 0. The fraction of sp³-hybridized carbons (Fsp3) is 0.818. The molecule has 36 heavy (non-hydrogen) atoms. The monoisotopic (exact) mass is 500 g/mol. The predicted molar refractivity (Wildman–Crippen MR) is 145 cm³/mol. The van der Waals surface area contributed by atoms with Crippen LogP contribution in [0.2, 0.25) is 0 Å². The molecule has 1 nitrogen and oxygen atoms in total. The van der Waals surface area contributed by atoms with Crippen molar-refractivity contribution < 1.29 is 13.5 Å². The van der Waals surface area contributed by atoms with E-state index in [0.29, 0.717) is 23.7 Å². The minimum Gasteiger partial charge on any atom is -0.360 e. The average Bonchev–Trinajstić information content (AvgIpc) is 3.51. The van der Waals surface area contributed by atoms with Crippen LogP contribution in [-0.2, 0) is 10.2 Å². The number of benzene rings is 1. The number of rotatable bonds is 11. The van der Waals surface area contributed by atoms with Crippen LogP contribution in [0.4, 0.5) is 8.78 Å². The first-order chi connectivity index (χ1) is 17.3. The van der Waals surface area contributed by atoms with Crippen molar-refractivity contribution in [3.05, 3.63) is 35.4 Å².